The average Bonchev–Trinajstić information content (AvgIpc) is 2.43. The summed E-state index contributed by atoms with van der Waals surface area (Å²) >= 11 is 5.42. The van der Waals surface area contributed by atoms with Crippen LogP contribution in [0.3, 0.4) is 0 Å². The van der Waals surface area contributed by atoms with E-state index in [0.717, 1.165) is 38.5 Å². The highest BCUT2D eigenvalue weighted by Crippen LogP contribution is 2.13. The largest absolute Gasteiger partial charge is 0.467 e. The Bertz CT molecular complexity index is 290. The van der Waals surface area contributed by atoms with Crippen molar-refractivity contribution in [3.63, 3.8) is 0 Å². The summed E-state index contributed by atoms with van der Waals surface area (Å²) in [7, 11) is 1.36. The molecule has 0 aliphatic rings. The Labute approximate surface area is 127 Å². The first kappa shape index (κ1) is 19.4. The lowest BCUT2D eigenvalue weighted by Crippen LogP contribution is -2.36. The molecule has 0 atom stereocenters. The fraction of sp³-hybridized carbons (Fsp3) is 0.867. The standard InChI is InChI=1S/C15H27ClO4/c1-15(2,14(18)19-3)20-11-9-7-5-4-6-8-10-13(17)12-16/h4-12H2,1-3H3. The molecule has 0 radical (unpaired) electrons. The molecule has 5 heteroatoms. The number of hydrogen-bond acceptors (Lipinski definition) is 4. The molecule has 0 amide bonds. The number of Topliss-reactive ketones (excluding diaryl/α,β-unsaturated/α-hetero) is 1. The monoisotopic (exact) mass is 306 g/mol. The first-order valence-corrected chi connectivity index (χ1v) is 7.77. The van der Waals surface area contributed by atoms with Crippen molar-refractivity contribution in [1.82, 2.24) is 0 Å². The van der Waals surface area contributed by atoms with Crippen molar-refractivity contribution in [3.8, 4) is 0 Å². The van der Waals surface area contributed by atoms with Crippen molar-refractivity contribution in [2.75, 3.05) is 19.6 Å². The maximum Gasteiger partial charge on any atom is 0.337 e. The molecule has 0 aromatic rings. The number of ether oxygens (including phenoxy) is 2. The van der Waals surface area contributed by atoms with Crippen LogP contribution in [0.25, 0.3) is 0 Å². The second-order valence-corrected chi connectivity index (χ2v) is 5.66. The van der Waals surface area contributed by atoms with E-state index < -0.39 is 5.60 Å². The van der Waals surface area contributed by atoms with Crippen LogP contribution in [0.1, 0.15) is 58.8 Å². The quantitative estimate of drug-likeness (QED) is 0.315. The van der Waals surface area contributed by atoms with E-state index in [0.29, 0.717) is 13.0 Å². The summed E-state index contributed by atoms with van der Waals surface area (Å²) in [6.07, 6.45) is 6.84. The molecule has 0 saturated heterocycles. The number of halogens is 1. The second-order valence-electron chi connectivity index (χ2n) is 5.39. The number of hydrogen-bond donors (Lipinski definition) is 0. The normalized spacial score (nSPS) is 11.4. The predicted octanol–water partition coefficient (Wildman–Crippen LogP) is 3.49. The van der Waals surface area contributed by atoms with Gasteiger partial charge in [-0.25, -0.2) is 4.79 Å². The van der Waals surface area contributed by atoms with E-state index in [9.17, 15) is 9.59 Å². The van der Waals surface area contributed by atoms with Crippen LogP contribution in [-0.4, -0.2) is 37.0 Å². The van der Waals surface area contributed by atoms with E-state index >= 15 is 0 Å². The van der Waals surface area contributed by atoms with Crippen LogP contribution in [0.4, 0.5) is 0 Å². The lowest BCUT2D eigenvalue weighted by atomic mass is 10.1. The number of carbonyl (C=O) groups is 2. The Kier molecular flexibility index (Phi) is 10.8. The molecule has 4 nitrogen and oxygen atoms in total. The molecule has 0 aliphatic carbocycles. The van der Waals surface area contributed by atoms with E-state index in [1.165, 1.54) is 7.11 Å². The fourth-order valence-corrected chi connectivity index (χ4v) is 1.96. The Morgan fingerprint density at radius 3 is 2.10 bits per heavy atom. The first-order chi connectivity index (χ1) is 9.44. The first-order valence-electron chi connectivity index (χ1n) is 7.24. The minimum absolute atomic E-state index is 0.130. The van der Waals surface area contributed by atoms with Gasteiger partial charge in [0.1, 0.15) is 5.78 Å². The van der Waals surface area contributed by atoms with Crippen LogP contribution in [0, 0.1) is 0 Å². The molecule has 0 aromatic carbocycles. The van der Waals surface area contributed by atoms with E-state index in [1.54, 1.807) is 13.8 Å². The summed E-state index contributed by atoms with van der Waals surface area (Å²) in [6.45, 7) is 3.99. The molecule has 0 heterocycles. The van der Waals surface area contributed by atoms with E-state index in [4.69, 9.17) is 16.3 Å². The molecule has 20 heavy (non-hydrogen) atoms. The molecule has 0 aromatic heterocycles. The third-order valence-electron chi connectivity index (χ3n) is 3.14. The minimum atomic E-state index is -0.864. The van der Waals surface area contributed by atoms with Gasteiger partial charge in [-0.1, -0.05) is 25.7 Å². The number of methoxy groups -OCH3 is 1. The molecule has 0 rings (SSSR count). The highest BCUT2D eigenvalue weighted by Gasteiger charge is 2.29. The maximum atomic E-state index is 11.4. The van der Waals surface area contributed by atoms with Crippen LogP contribution in [0.2, 0.25) is 0 Å². The summed E-state index contributed by atoms with van der Waals surface area (Å²) in [5.41, 5.74) is -0.864. The van der Waals surface area contributed by atoms with E-state index in [-0.39, 0.29) is 17.6 Å². The topological polar surface area (TPSA) is 52.6 Å². The van der Waals surface area contributed by atoms with Gasteiger partial charge >= 0.3 is 5.97 Å². The van der Waals surface area contributed by atoms with Gasteiger partial charge in [0.15, 0.2) is 5.60 Å². The predicted molar refractivity (Wildman–Crippen MR) is 80.1 cm³/mol. The zero-order chi connectivity index (χ0) is 15.4. The van der Waals surface area contributed by atoms with Crippen LogP contribution in [-0.2, 0) is 19.1 Å². The van der Waals surface area contributed by atoms with Crippen LogP contribution in [0.5, 0.6) is 0 Å². The van der Waals surface area contributed by atoms with E-state index in [2.05, 4.69) is 4.74 Å². The Morgan fingerprint density at radius 2 is 1.55 bits per heavy atom. The highest BCUT2D eigenvalue weighted by molar-refractivity contribution is 6.27. The molecule has 0 fully saturated rings. The Hall–Kier alpha value is -0.610. The molecule has 0 aliphatic heterocycles. The lowest BCUT2D eigenvalue weighted by molar-refractivity contribution is -0.165. The maximum absolute atomic E-state index is 11.4. The number of ketones is 1. The van der Waals surface area contributed by atoms with Crippen molar-refractivity contribution in [2.45, 2.75) is 64.4 Å². The molecule has 0 N–H and O–H groups in total. The van der Waals surface area contributed by atoms with Crippen molar-refractivity contribution >= 4 is 23.4 Å². The van der Waals surface area contributed by atoms with Gasteiger partial charge in [-0.2, -0.15) is 0 Å². The number of esters is 1. The third kappa shape index (κ3) is 9.32. The van der Waals surface area contributed by atoms with Gasteiger partial charge in [0.2, 0.25) is 0 Å². The summed E-state index contributed by atoms with van der Waals surface area (Å²) in [6, 6.07) is 0. The van der Waals surface area contributed by atoms with Gasteiger partial charge < -0.3 is 9.47 Å². The van der Waals surface area contributed by atoms with Gasteiger partial charge in [0.05, 0.1) is 13.0 Å². The summed E-state index contributed by atoms with van der Waals surface area (Å²) < 4.78 is 10.2. The van der Waals surface area contributed by atoms with Crippen LogP contribution < -0.4 is 0 Å². The molecule has 0 bridgehead atoms. The van der Waals surface area contributed by atoms with Gasteiger partial charge in [-0.15, -0.1) is 11.6 Å². The zero-order valence-corrected chi connectivity index (χ0v) is 13.6. The molecule has 0 spiro atoms. The molecule has 118 valence electrons. The fourth-order valence-electron chi connectivity index (χ4n) is 1.83. The molecular weight excluding hydrogens is 280 g/mol. The van der Waals surface area contributed by atoms with Gasteiger partial charge in [-0.3, -0.25) is 4.79 Å². The van der Waals surface area contributed by atoms with Crippen molar-refractivity contribution in [1.29, 1.82) is 0 Å². The molecular formula is C15H27ClO4. The zero-order valence-electron chi connectivity index (χ0n) is 12.9. The van der Waals surface area contributed by atoms with Crippen LogP contribution in [0.15, 0.2) is 0 Å². The summed E-state index contributed by atoms with van der Waals surface area (Å²) in [4.78, 5) is 22.3. The van der Waals surface area contributed by atoms with E-state index in [1.807, 2.05) is 0 Å². The van der Waals surface area contributed by atoms with Gasteiger partial charge in [0, 0.05) is 13.0 Å². The number of unbranched alkanes of at least 4 members (excludes halogenated alkanes) is 5. The summed E-state index contributed by atoms with van der Waals surface area (Å²) in [5.74, 6) is -0.0839. The lowest BCUT2D eigenvalue weighted by Gasteiger charge is -2.22. The Morgan fingerprint density at radius 1 is 1.00 bits per heavy atom. The summed E-state index contributed by atoms with van der Waals surface area (Å²) in [5, 5.41) is 0. The number of alkyl halides is 1. The average molecular weight is 307 g/mol. The second kappa shape index (κ2) is 11.1. The van der Waals surface area contributed by atoms with Crippen molar-refractivity contribution in [2.24, 2.45) is 0 Å². The third-order valence-corrected chi connectivity index (χ3v) is 3.44. The van der Waals surface area contributed by atoms with Crippen LogP contribution >= 0.6 is 11.6 Å². The minimum Gasteiger partial charge on any atom is -0.467 e. The number of rotatable bonds is 12. The van der Waals surface area contributed by atoms with Crippen molar-refractivity contribution in [3.05, 3.63) is 0 Å². The SMILES string of the molecule is COC(=O)C(C)(C)OCCCCCCCCC(=O)CCl. The van der Waals surface area contributed by atoms with Crippen molar-refractivity contribution < 1.29 is 19.1 Å². The Balaban J connectivity index is 3.41. The highest BCUT2D eigenvalue weighted by atomic mass is 35.5. The molecule has 0 saturated carbocycles. The molecule has 0 unspecified atom stereocenters. The van der Waals surface area contributed by atoms with Gasteiger partial charge in [-0.05, 0) is 26.7 Å². The number of carbonyl (C=O) groups excluding carboxylic acids is 2. The smallest absolute Gasteiger partial charge is 0.337 e. The van der Waals surface area contributed by atoms with Gasteiger partial charge in [0.25, 0.3) is 0 Å².